The molecule has 0 saturated heterocycles. The first-order valence-corrected chi connectivity index (χ1v) is 7.04. The summed E-state index contributed by atoms with van der Waals surface area (Å²) in [6, 6.07) is 30.3. The Kier molecular flexibility index (Phi) is 3.82. The first kappa shape index (κ1) is 13.6. The molecule has 3 aromatic rings. The first-order chi connectivity index (χ1) is 10.4. The molecule has 0 aromatic heterocycles. The highest BCUT2D eigenvalue weighted by Gasteiger charge is 2.35. The zero-order valence-corrected chi connectivity index (χ0v) is 11.8. The molecule has 0 heterocycles. The van der Waals surface area contributed by atoms with E-state index in [0.29, 0.717) is 4.48 Å². The summed E-state index contributed by atoms with van der Waals surface area (Å²) in [4.78, 5) is 0. The highest BCUT2D eigenvalue weighted by atomic mass is 16.3. The van der Waals surface area contributed by atoms with Crippen molar-refractivity contribution in [1.29, 1.82) is 0 Å². The molecule has 21 heavy (non-hydrogen) atoms. The van der Waals surface area contributed by atoms with E-state index >= 15 is 0 Å². The Labute approximate surface area is 125 Å². The fourth-order valence-corrected chi connectivity index (χ4v) is 2.74. The first-order valence-electron chi connectivity index (χ1n) is 7.04. The molecular weight excluding hydrogens is 258 g/mol. The van der Waals surface area contributed by atoms with Crippen molar-refractivity contribution in [2.24, 2.45) is 0 Å². The smallest absolute Gasteiger partial charge is 0.194 e. The van der Waals surface area contributed by atoms with Crippen LogP contribution < -0.4 is 4.48 Å². The fourth-order valence-electron chi connectivity index (χ4n) is 2.74. The molecule has 104 valence electrons. The van der Waals surface area contributed by atoms with Crippen LogP contribution in [0.4, 0.5) is 17.1 Å². The summed E-state index contributed by atoms with van der Waals surface area (Å²) >= 11 is 0. The minimum Gasteiger partial charge on any atom is -0.346 e. The average Bonchev–Trinajstić information content (AvgIpc) is 2.59. The predicted molar refractivity (Wildman–Crippen MR) is 87.5 cm³/mol. The van der Waals surface area contributed by atoms with Gasteiger partial charge in [-0.25, -0.2) is 4.48 Å². The van der Waals surface area contributed by atoms with Crippen LogP contribution in [0, 0.1) is 0 Å². The Morgan fingerprint density at radius 1 is 0.524 bits per heavy atom. The Hall–Kier alpha value is -2.42. The number of hydrogen-bond donors (Lipinski definition) is 1. The van der Waals surface area contributed by atoms with Crippen LogP contribution in [0.2, 0.25) is 0 Å². The lowest BCUT2D eigenvalue weighted by Crippen LogP contribution is -2.39. The fraction of sp³-hybridized carbons (Fsp3) is 0.0526. The number of nitrogens with zero attached hydrogens (tertiary/aromatic N) is 1. The van der Waals surface area contributed by atoms with Crippen LogP contribution in [0.1, 0.15) is 0 Å². The molecule has 2 nitrogen and oxygen atoms in total. The van der Waals surface area contributed by atoms with Crippen LogP contribution in [0.3, 0.4) is 0 Å². The third-order valence-corrected chi connectivity index (χ3v) is 3.80. The lowest BCUT2D eigenvalue weighted by atomic mass is 10.1. The molecule has 2 heteroatoms. The molecule has 0 fully saturated rings. The van der Waals surface area contributed by atoms with Gasteiger partial charge in [0.15, 0.2) is 6.73 Å². The maximum absolute atomic E-state index is 10.3. The van der Waals surface area contributed by atoms with Gasteiger partial charge in [0.25, 0.3) is 0 Å². The summed E-state index contributed by atoms with van der Waals surface area (Å²) in [5, 5.41) is 10.3. The molecule has 0 unspecified atom stereocenters. The Bertz CT molecular complexity index is 584. The van der Waals surface area contributed by atoms with Crippen molar-refractivity contribution in [2.45, 2.75) is 0 Å². The van der Waals surface area contributed by atoms with Crippen molar-refractivity contribution in [1.82, 2.24) is 4.48 Å². The molecule has 0 bridgehead atoms. The number of rotatable bonds is 4. The van der Waals surface area contributed by atoms with E-state index in [2.05, 4.69) is 36.4 Å². The van der Waals surface area contributed by atoms with E-state index in [1.807, 2.05) is 54.6 Å². The third kappa shape index (κ3) is 2.35. The van der Waals surface area contributed by atoms with Gasteiger partial charge in [-0.05, 0) is 0 Å². The summed E-state index contributed by atoms with van der Waals surface area (Å²) in [7, 11) is 0. The normalized spacial score (nSPS) is 11.3. The van der Waals surface area contributed by atoms with Gasteiger partial charge in [0.2, 0.25) is 0 Å². The van der Waals surface area contributed by atoms with Crippen molar-refractivity contribution < 1.29 is 5.11 Å². The van der Waals surface area contributed by atoms with E-state index in [9.17, 15) is 5.11 Å². The Morgan fingerprint density at radius 2 is 0.810 bits per heavy atom. The molecule has 0 aliphatic heterocycles. The summed E-state index contributed by atoms with van der Waals surface area (Å²) in [6.07, 6.45) is 0. The zero-order chi connectivity index (χ0) is 14.5. The summed E-state index contributed by atoms with van der Waals surface area (Å²) in [5.41, 5.74) is 3.12. The van der Waals surface area contributed by atoms with Crippen molar-refractivity contribution in [3.8, 4) is 0 Å². The molecule has 0 amide bonds. The van der Waals surface area contributed by atoms with Gasteiger partial charge in [0.05, 0.1) is 0 Å². The second-order valence-electron chi connectivity index (χ2n) is 4.96. The second-order valence-corrected chi connectivity index (χ2v) is 4.96. The average molecular weight is 276 g/mol. The highest BCUT2D eigenvalue weighted by molar-refractivity contribution is 5.70. The van der Waals surface area contributed by atoms with Crippen LogP contribution in [0.15, 0.2) is 91.0 Å². The van der Waals surface area contributed by atoms with Crippen LogP contribution >= 0.6 is 0 Å². The van der Waals surface area contributed by atoms with E-state index in [1.165, 1.54) is 0 Å². The number of benzene rings is 3. The monoisotopic (exact) mass is 276 g/mol. The van der Waals surface area contributed by atoms with Crippen LogP contribution in [-0.2, 0) is 0 Å². The standard InChI is InChI=1S/C19H18NO/c21-16-20(17-10-4-1-5-11-17,18-12-6-2-7-13-18)19-14-8-3-9-15-19/h1-15,21H,16H2/q+1. The predicted octanol–water partition coefficient (Wildman–Crippen LogP) is 4.61. The van der Waals surface area contributed by atoms with Gasteiger partial charge < -0.3 is 5.11 Å². The summed E-state index contributed by atoms with van der Waals surface area (Å²) < 4.78 is 0.294. The van der Waals surface area contributed by atoms with Gasteiger partial charge in [-0.2, -0.15) is 0 Å². The molecule has 0 radical (unpaired) electrons. The minimum atomic E-state index is -0.0297. The van der Waals surface area contributed by atoms with Crippen LogP contribution in [0.25, 0.3) is 0 Å². The molecule has 0 spiro atoms. The van der Waals surface area contributed by atoms with Gasteiger partial charge in [0.1, 0.15) is 17.1 Å². The number of para-hydroxylation sites is 3. The van der Waals surface area contributed by atoms with Gasteiger partial charge in [0, 0.05) is 36.4 Å². The van der Waals surface area contributed by atoms with E-state index < -0.39 is 0 Å². The number of hydrogen-bond acceptors (Lipinski definition) is 1. The summed E-state index contributed by atoms with van der Waals surface area (Å²) in [5.74, 6) is 0. The van der Waals surface area contributed by atoms with E-state index in [-0.39, 0.29) is 6.73 Å². The Morgan fingerprint density at radius 3 is 1.05 bits per heavy atom. The molecule has 3 rings (SSSR count). The lowest BCUT2D eigenvalue weighted by molar-refractivity contribution is 0.201. The van der Waals surface area contributed by atoms with Gasteiger partial charge in [-0.3, -0.25) is 0 Å². The van der Waals surface area contributed by atoms with E-state index in [4.69, 9.17) is 0 Å². The third-order valence-electron chi connectivity index (χ3n) is 3.80. The maximum Gasteiger partial charge on any atom is 0.194 e. The second kappa shape index (κ2) is 5.92. The SMILES string of the molecule is OC[N+](c1ccccc1)(c1ccccc1)c1ccccc1. The van der Waals surface area contributed by atoms with Gasteiger partial charge >= 0.3 is 0 Å². The quantitative estimate of drug-likeness (QED) is 0.545. The lowest BCUT2D eigenvalue weighted by Gasteiger charge is -2.35. The van der Waals surface area contributed by atoms with Crippen molar-refractivity contribution in [3.63, 3.8) is 0 Å². The largest absolute Gasteiger partial charge is 0.346 e. The van der Waals surface area contributed by atoms with Gasteiger partial charge in [-0.15, -0.1) is 0 Å². The maximum atomic E-state index is 10.3. The molecule has 0 aliphatic carbocycles. The number of quaternary nitrogens is 1. The summed E-state index contributed by atoms with van der Waals surface area (Å²) in [6.45, 7) is -0.0297. The molecule has 0 atom stereocenters. The minimum absolute atomic E-state index is 0.0297. The van der Waals surface area contributed by atoms with Crippen molar-refractivity contribution >= 4 is 17.1 Å². The molecule has 0 saturated carbocycles. The van der Waals surface area contributed by atoms with E-state index in [0.717, 1.165) is 17.1 Å². The van der Waals surface area contributed by atoms with Crippen LogP contribution in [0.5, 0.6) is 0 Å². The van der Waals surface area contributed by atoms with E-state index in [1.54, 1.807) is 0 Å². The van der Waals surface area contributed by atoms with Crippen molar-refractivity contribution in [3.05, 3.63) is 91.0 Å². The Balaban J connectivity index is 2.29. The number of aliphatic hydroxyl groups excluding tert-OH is 1. The van der Waals surface area contributed by atoms with Gasteiger partial charge in [-0.1, -0.05) is 54.6 Å². The molecule has 1 N–H and O–H groups in total. The number of aliphatic hydroxyl groups is 1. The highest BCUT2D eigenvalue weighted by Crippen LogP contribution is 2.42. The van der Waals surface area contributed by atoms with Crippen LogP contribution in [-0.4, -0.2) is 11.8 Å². The van der Waals surface area contributed by atoms with Crippen molar-refractivity contribution in [2.75, 3.05) is 6.73 Å². The zero-order valence-electron chi connectivity index (χ0n) is 11.8. The molecule has 0 aliphatic rings. The topological polar surface area (TPSA) is 20.2 Å². The molecule has 3 aromatic carbocycles. The molecular formula is C19H18NO+.